The number of imidazole rings is 1. The monoisotopic (exact) mass is 268 g/mol. The van der Waals surface area contributed by atoms with Crippen molar-refractivity contribution in [2.75, 3.05) is 6.61 Å². The van der Waals surface area contributed by atoms with Gasteiger partial charge in [-0.1, -0.05) is 0 Å². The summed E-state index contributed by atoms with van der Waals surface area (Å²) in [5, 5.41) is 0. The van der Waals surface area contributed by atoms with Crippen molar-refractivity contribution >= 4 is 11.2 Å². The summed E-state index contributed by atoms with van der Waals surface area (Å²) in [5.74, 6) is 1.58. The van der Waals surface area contributed by atoms with Crippen LogP contribution in [0.15, 0.2) is 30.7 Å². The number of hydrogen-bond donors (Lipinski definition) is 0. The van der Waals surface area contributed by atoms with E-state index in [9.17, 15) is 0 Å². The predicted octanol–water partition coefficient (Wildman–Crippen LogP) is 2.74. The molecule has 0 unspecified atom stereocenters. The van der Waals surface area contributed by atoms with Crippen LogP contribution in [-0.4, -0.2) is 26.1 Å². The lowest BCUT2D eigenvalue weighted by molar-refractivity contribution is 0.340. The Balaban J connectivity index is 2.22. The van der Waals surface area contributed by atoms with E-state index in [0.717, 1.165) is 33.9 Å². The van der Waals surface area contributed by atoms with Crippen LogP contribution in [0, 0.1) is 6.92 Å². The molecule has 3 aromatic heterocycles. The van der Waals surface area contributed by atoms with Crippen molar-refractivity contribution < 1.29 is 4.74 Å². The first kappa shape index (κ1) is 12.6. The van der Waals surface area contributed by atoms with Gasteiger partial charge in [0.2, 0.25) is 0 Å². The number of ether oxygens (including phenoxy) is 1. The lowest BCUT2D eigenvalue weighted by Gasteiger charge is -2.08. The molecule has 3 rings (SSSR count). The maximum absolute atomic E-state index is 5.63. The highest BCUT2D eigenvalue weighted by atomic mass is 16.5. The van der Waals surface area contributed by atoms with Crippen LogP contribution >= 0.6 is 0 Å². The van der Waals surface area contributed by atoms with Gasteiger partial charge in [-0.25, -0.2) is 9.97 Å². The van der Waals surface area contributed by atoms with Crippen molar-refractivity contribution in [2.45, 2.75) is 13.8 Å². The van der Waals surface area contributed by atoms with E-state index in [1.807, 2.05) is 43.8 Å². The Morgan fingerprint density at radius 2 is 2.15 bits per heavy atom. The van der Waals surface area contributed by atoms with Gasteiger partial charge in [0.05, 0.1) is 18.4 Å². The van der Waals surface area contributed by atoms with Crippen LogP contribution in [0.5, 0.6) is 5.75 Å². The van der Waals surface area contributed by atoms with Gasteiger partial charge in [-0.2, -0.15) is 0 Å². The van der Waals surface area contributed by atoms with Crippen molar-refractivity contribution in [2.24, 2.45) is 7.05 Å². The van der Waals surface area contributed by atoms with E-state index < -0.39 is 0 Å². The first-order valence-electron chi connectivity index (χ1n) is 6.57. The summed E-state index contributed by atoms with van der Waals surface area (Å²) < 4.78 is 7.61. The van der Waals surface area contributed by atoms with Gasteiger partial charge in [-0.05, 0) is 31.5 Å². The molecule has 0 radical (unpaired) electrons. The zero-order valence-corrected chi connectivity index (χ0v) is 11.8. The van der Waals surface area contributed by atoms with Crippen molar-refractivity contribution in [3.8, 4) is 17.1 Å². The van der Waals surface area contributed by atoms with E-state index in [4.69, 9.17) is 4.74 Å². The van der Waals surface area contributed by atoms with Crippen LogP contribution in [-0.2, 0) is 7.05 Å². The molecule has 0 aliphatic rings. The molecule has 0 bridgehead atoms. The van der Waals surface area contributed by atoms with E-state index >= 15 is 0 Å². The number of rotatable bonds is 3. The van der Waals surface area contributed by atoms with E-state index in [-0.39, 0.29) is 0 Å². The Bertz CT molecular complexity index is 764. The Kier molecular flexibility index (Phi) is 3.10. The summed E-state index contributed by atoms with van der Waals surface area (Å²) in [6, 6.07) is 3.95. The number of aryl methyl sites for hydroxylation is 2. The van der Waals surface area contributed by atoms with Crippen molar-refractivity contribution in [1.29, 1.82) is 0 Å². The number of nitrogens with zero attached hydrogens (tertiary/aromatic N) is 4. The highest BCUT2D eigenvalue weighted by molar-refractivity contribution is 5.79. The van der Waals surface area contributed by atoms with Gasteiger partial charge in [0.25, 0.3) is 0 Å². The summed E-state index contributed by atoms with van der Waals surface area (Å²) in [7, 11) is 1.96. The summed E-state index contributed by atoms with van der Waals surface area (Å²) >= 11 is 0. The SMILES string of the molecule is CCOc1cnccc1-c1nc2cc(C)cnc2n1C. The standard InChI is InChI=1S/C15H16N4O/c1-4-20-13-9-16-6-5-11(13)14-18-12-7-10(2)8-17-15(12)19(14)3/h5-9H,4H2,1-3H3. The number of hydrogen-bond acceptors (Lipinski definition) is 4. The molecule has 0 spiro atoms. The molecule has 0 N–H and O–H groups in total. The Labute approximate surface area is 117 Å². The Hall–Kier alpha value is -2.43. The molecule has 0 aliphatic carbocycles. The molecule has 20 heavy (non-hydrogen) atoms. The molecule has 0 saturated carbocycles. The molecule has 3 aromatic rings. The fourth-order valence-corrected chi connectivity index (χ4v) is 2.25. The smallest absolute Gasteiger partial charge is 0.160 e. The molecule has 0 saturated heterocycles. The third kappa shape index (κ3) is 2.01. The molecule has 0 aromatic carbocycles. The van der Waals surface area contributed by atoms with Gasteiger partial charge in [0, 0.05) is 19.4 Å². The van der Waals surface area contributed by atoms with Gasteiger partial charge in [0.15, 0.2) is 5.65 Å². The van der Waals surface area contributed by atoms with E-state index in [1.54, 1.807) is 12.4 Å². The first-order chi connectivity index (χ1) is 9.70. The minimum Gasteiger partial charge on any atom is -0.491 e. The second-order valence-corrected chi connectivity index (χ2v) is 4.65. The summed E-state index contributed by atoms with van der Waals surface area (Å²) in [6.07, 6.45) is 5.32. The third-order valence-corrected chi connectivity index (χ3v) is 3.17. The van der Waals surface area contributed by atoms with Gasteiger partial charge in [-0.3, -0.25) is 4.98 Å². The maximum atomic E-state index is 5.63. The van der Waals surface area contributed by atoms with Gasteiger partial charge in [-0.15, -0.1) is 0 Å². The Morgan fingerprint density at radius 3 is 2.95 bits per heavy atom. The first-order valence-corrected chi connectivity index (χ1v) is 6.57. The second kappa shape index (κ2) is 4.92. The van der Waals surface area contributed by atoms with E-state index in [2.05, 4.69) is 15.0 Å². The topological polar surface area (TPSA) is 52.8 Å². The minimum absolute atomic E-state index is 0.597. The summed E-state index contributed by atoms with van der Waals surface area (Å²) in [4.78, 5) is 13.2. The molecule has 0 fully saturated rings. The Morgan fingerprint density at radius 1 is 1.30 bits per heavy atom. The predicted molar refractivity (Wildman–Crippen MR) is 77.6 cm³/mol. The van der Waals surface area contributed by atoms with Crippen LogP contribution in [0.1, 0.15) is 12.5 Å². The number of pyridine rings is 2. The fourth-order valence-electron chi connectivity index (χ4n) is 2.25. The maximum Gasteiger partial charge on any atom is 0.160 e. The molecular weight excluding hydrogens is 252 g/mol. The minimum atomic E-state index is 0.597. The lowest BCUT2D eigenvalue weighted by Crippen LogP contribution is -1.99. The van der Waals surface area contributed by atoms with Gasteiger partial charge < -0.3 is 9.30 Å². The van der Waals surface area contributed by atoms with Crippen molar-refractivity contribution in [3.05, 3.63) is 36.3 Å². The molecular formula is C15H16N4O. The van der Waals surface area contributed by atoms with Crippen molar-refractivity contribution in [3.63, 3.8) is 0 Å². The van der Waals surface area contributed by atoms with Gasteiger partial charge >= 0.3 is 0 Å². The third-order valence-electron chi connectivity index (χ3n) is 3.17. The van der Waals surface area contributed by atoms with Gasteiger partial charge in [0.1, 0.15) is 17.1 Å². The van der Waals surface area contributed by atoms with Crippen LogP contribution in [0.4, 0.5) is 0 Å². The van der Waals surface area contributed by atoms with Crippen LogP contribution < -0.4 is 4.74 Å². The molecule has 5 nitrogen and oxygen atoms in total. The van der Waals surface area contributed by atoms with Crippen molar-refractivity contribution in [1.82, 2.24) is 19.5 Å². The average Bonchev–Trinajstić information content (AvgIpc) is 2.76. The highest BCUT2D eigenvalue weighted by Crippen LogP contribution is 2.30. The van der Waals surface area contributed by atoms with Crippen LogP contribution in [0.25, 0.3) is 22.6 Å². The van der Waals surface area contributed by atoms with E-state index in [1.165, 1.54) is 0 Å². The molecule has 0 amide bonds. The quantitative estimate of drug-likeness (QED) is 0.733. The molecule has 3 heterocycles. The summed E-state index contributed by atoms with van der Waals surface area (Å²) in [6.45, 7) is 4.56. The zero-order chi connectivity index (χ0) is 14.1. The largest absolute Gasteiger partial charge is 0.491 e. The summed E-state index contributed by atoms with van der Waals surface area (Å²) in [5.41, 5.74) is 3.79. The highest BCUT2D eigenvalue weighted by Gasteiger charge is 2.15. The molecule has 5 heteroatoms. The number of aromatic nitrogens is 4. The lowest BCUT2D eigenvalue weighted by atomic mass is 10.2. The average molecular weight is 268 g/mol. The van der Waals surface area contributed by atoms with E-state index in [0.29, 0.717) is 6.61 Å². The van der Waals surface area contributed by atoms with Crippen LogP contribution in [0.3, 0.4) is 0 Å². The molecule has 102 valence electrons. The molecule has 0 atom stereocenters. The fraction of sp³-hybridized carbons (Fsp3) is 0.267. The zero-order valence-electron chi connectivity index (χ0n) is 11.8. The van der Waals surface area contributed by atoms with Crippen LogP contribution in [0.2, 0.25) is 0 Å². The normalized spacial score (nSPS) is 10.9. The molecule has 0 aliphatic heterocycles. The second-order valence-electron chi connectivity index (χ2n) is 4.65. The number of fused-ring (bicyclic) bond motifs is 1.